The van der Waals surface area contributed by atoms with E-state index < -0.39 is 0 Å². The van der Waals surface area contributed by atoms with Crippen molar-refractivity contribution < 1.29 is 0 Å². The smallest absolute Gasteiger partial charge is 0.143 e. The first-order valence-electron chi connectivity index (χ1n) is 15.2. The van der Waals surface area contributed by atoms with Crippen molar-refractivity contribution in [1.82, 2.24) is 0 Å². The van der Waals surface area contributed by atoms with Crippen LogP contribution in [0.2, 0.25) is 0 Å². The van der Waals surface area contributed by atoms with E-state index in [0.717, 1.165) is 39.6 Å². The number of nitriles is 1. The van der Waals surface area contributed by atoms with Gasteiger partial charge in [0.15, 0.2) is 0 Å². The second-order valence-electron chi connectivity index (χ2n) is 11.5. The molecule has 210 valence electrons. The van der Waals surface area contributed by atoms with Gasteiger partial charge in [-0.3, -0.25) is 4.90 Å². The minimum absolute atomic E-state index is 0.0249. The molecule has 1 N–H and O–H groups in total. The lowest BCUT2D eigenvalue weighted by Crippen LogP contribution is -2.37. The Balaban J connectivity index is 1.28. The van der Waals surface area contributed by atoms with Gasteiger partial charge in [-0.1, -0.05) is 109 Å². The van der Waals surface area contributed by atoms with Crippen LogP contribution in [0.15, 0.2) is 151 Å². The Morgan fingerprint density at radius 2 is 1.18 bits per heavy atom. The number of anilines is 2. The molecule has 0 bridgehead atoms. The van der Waals surface area contributed by atoms with E-state index >= 15 is 0 Å². The fraction of sp³-hybridized carbons (Fsp3) is 0.0244. The lowest BCUT2D eigenvalue weighted by molar-refractivity contribution is 0.832. The van der Waals surface area contributed by atoms with Gasteiger partial charge in [-0.05, 0) is 80.2 Å². The Labute approximate surface area is 261 Å². The van der Waals surface area contributed by atoms with Gasteiger partial charge in [0.05, 0.1) is 28.7 Å². The molecule has 9 rings (SSSR count). The van der Waals surface area contributed by atoms with Gasteiger partial charge in [0.1, 0.15) is 12.0 Å². The van der Waals surface area contributed by atoms with Gasteiger partial charge in [-0.15, -0.1) is 0 Å². The van der Waals surface area contributed by atoms with Crippen LogP contribution in [-0.4, -0.2) is 5.84 Å². The number of hydrogen-bond donors (Lipinski definition) is 1. The van der Waals surface area contributed by atoms with Crippen molar-refractivity contribution in [1.29, 1.82) is 5.26 Å². The molecule has 2 aliphatic rings. The lowest BCUT2D eigenvalue weighted by atomic mass is 9.85. The van der Waals surface area contributed by atoms with Gasteiger partial charge < -0.3 is 5.32 Å². The second kappa shape index (κ2) is 9.94. The molecule has 0 aliphatic carbocycles. The number of aliphatic imine (C=N–C) groups is 1. The summed E-state index contributed by atoms with van der Waals surface area (Å²) < 4.78 is 0. The van der Waals surface area contributed by atoms with Crippen molar-refractivity contribution in [2.24, 2.45) is 4.99 Å². The van der Waals surface area contributed by atoms with Crippen LogP contribution in [0, 0.1) is 11.3 Å². The van der Waals surface area contributed by atoms with E-state index in [9.17, 15) is 5.26 Å². The van der Waals surface area contributed by atoms with E-state index in [1.165, 1.54) is 38.2 Å². The molecule has 7 aromatic carbocycles. The molecule has 45 heavy (non-hydrogen) atoms. The Morgan fingerprint density at radius 1 is 0.578 bits per heavy atom. The molecule has 1 unspecified atom stereocenters. The molecule has 0 saturated carbocycles. The van der Waals surface area contributed by atoms with Crippen molar-refractivity contribution in [2.45, 2.75) is 6.17 Å². The molecule has 4 heteroatoms. The Hall–Kier alpha value is -6.18. The maximum absolute atomic E-state index is 9.40. The zero-order chi connectivity index (χ0) is 29.9. The summed E-state index contributed by atoms with van der Waals surface area (Å²) in [6.07, 6.45) is -0.0249. The fourth-order valence-electron chi connectivity index (χ4n) is 7.08. The summed E-state index contributed by atoms with van der Waals surface area (Å²) in [5, 5.41) is 17.9. The van der Waals surface area contributed by atoms with Gasteiger partial charge in [0.25, 0.3) is 0 Å². The fourth-order valence-corrected chi connectivity index (χ4v) is 7.08. The molecule has 2 aliphatic heterocycles. The van der Waals surface area contributed by atoms with E-state index in [2.05, 4.69) is 150 Å². The van der Waals surface area contributed by atoms with Gasteiger partial charge in [-0.25, -0.2) is 4.99 Å². The first kappa shape index (κ1) is 25.3. The number of para-hydroxylation sites is 3. The zero-order valence-electron chi connectivity index (χ0n) is 24.3. The van der Waals surface area contributed by atoms with Gasteiger partial charge in [0, 0.05) is 11.1 Å². The average Bonchev–Trinajstić information content (AvgIpc) is 3.50. The highest BCUT2D eigenvalue weighted by atomic mass is 15.4. The number of hydrogen-bond acceptors (Lipinski definition) is 4. The third-order valence-corrected chi connectivity index (χ3v) is 9.04. The summed E-state index contributed by atoms with van der Waals surface area (Å²) in [5.74, 6) is 0.931. The number of rotatable bonds is 3. The van der Waals surface area contributed by atoms with E-state index in [0.29, 0.717) is 5.56 Å². The normalized spacial score (nSPS) is 14.7. The summed E-state index contributed by atoms with van der Waals surface area (Å²) in [4.78, 5) is 7.60. The molecule has 4 nitrogen and oxygen atoms in total. The predicted molar refractivity (Wildman–Crippen MR) is 185 cm³/mol. The van der Waals surface area contributed by atoms with Gasteiger partial charge in [-0.2, -0.15) is 5.26 Å². The van der Waals surface area contributed by atoms with Crippen LogP contribution < -0.4 is 10.2 Å². The summed E-state index contributed by atoms with van der Waals surface area (Å²) in [6, 6.07) is 53.2. The highest BCUT2D eigenvalue weighted by Crippen LogP contribution is 2.48. The second-order valence-corrected chi connectivity index (χ2v) is 11.5. The third-order valence-electron chi connectivity index (χ3n) is 9.04. The van der Waals surface area contributed by atoms with Crippen molar-refractivity contribution in [3.63, 3.8) is 0 Å². The first-order valence-corrected chi connectivity index (χ1v) is 15.2. The van der Waals surface area contributed by atoms with Gasteiger partial charge in [0.2, 0.25) is 0 Å². The van der Waals surface area contributed by atoms with Gasteiger partial charge >= 0.3 is 0 Å². The van der Waals surface area contributed by atoms with Crippen molar-refractivity contribution in [3.05, 3.63) is 162 Å². The molecule has 2 heterocycles. The number of amidine groups is 1. The molecular formula is C41H26N4. The van der Waals surface area contributed by atoms with Crippen molar-refractivity contribution >= 4 is 44.4 Å². The molecule has 0 radical (unpaired) electrons. The zero-order valence-corrected chi connectivity index (χ0v) is 24.3. The standard InChI is InChI=1S/C41H26N4/c42-25-26-20-22-27(23-21-26)38-30-12-1-3-14-32(30)39(33-15-4-2-13-31(33)38)28-10-9-11-29(24-28)40-43-35-17-6-5-16-34(35)41-44-36-18-7-8-19-37(36)45(40)41/h1-24,41,44H. The Bertz CT molecular complexity index is 2320. The molecule has 0 saturated heterocycles. The maximum Gasteiger partial charge on any atom is 0.143 e. The van der Waals surface area contributed by atoms with Crippen LogP contribution in [0.3, 0.4) is 0 Å². The molecule has 0 spiro atoms. The minimum Gasteiger partial charge on any atom is -0.359 e. The average molecular weight is 575 g/mol. The topological polar surface area (TPSA) is 51.4 Å². The molecule has 0 aromatic heterocycles. The summed E-state index contributed by atoms with van der Waals surface area (Å²) in [6.45, 7) is 0. The molecule has 1 atom stereocenters. The maximum atomic E-state index is 9.40. The van der Waals surface area contributed by atoms with E-state index in [-0.39, 0.29) is 6.17 Å². The number of fused-ring (bicyclic) bond motifs is 7. The van der Waals surface area contributed by atoms with Crippen LogP contribution >= 0.6 is 0 Å². The summed E-state index contributed by atoms with van der Waals surface area (Å²) in [7, 11) is 0. The van der Waals surface area contributed by atoms with Crippen molar-refractivity contribution in [3.8, 4) is 28.3 Å². The minimum atomic E-state index is -0.0249. The Morgan fingerprint density at radius 3 is 1.89 bits per heavy atom. The van der Waals surface area contributed by atoms with E-state index in [4.69, 9.17) is 4.99 Å². The van der Waals surface area contributed by atoms with E-state index in [1.54, 1.807) is 0 Å². The predicted octanol–water partition coefficient (Wildman–Crippen LogP) is 10.2. The lowest BCUT2D eigenvalue weighted by Gasteiger charge is -2.33. The highest BCUT2D eigenvalue weighted by molar-refractivity contribution is 6.22. The molecule has 0 fully saturated rings. The highest BCUT2D eigenvalue weighted by Gasteiger charge is 2.37. The van der Waals surface area contributed by atoms with Crippen LogP contribution in [0.25, 0.3) is 43.8 Å². The van der Waals surface area contributed by atoms with Crippen LogP contribution in [0.4, 0.5) is 17.1 Å². The number of nitrogens with zero attached hydrogens (tertiary/aromatic N) is 3. The van der Waals surface area contributed by atoms with Crippen molar-refractivity contribution in [2.75, 3.05) is 10.2 Å². The third kappa shape index (κ3) is 3.88. The quantitative estimate of drug-likeness (QED) is 0.214. The number of benzene rings is 7. The molecule has 0 amide bonds. The molecular weight excluding hydrogens is 548 g/mol. The van der Waals surface area contributed by atoms with Crippen LogP contribution in [0.5, 0.6) is 0 Å². The monoisotopic (exact) mass is 574 g/mol. The first-order chi connectivity index (χ1) is 22.3. The summed E-state index contributed by atoms with van der Waals surface area (Å²) >= 11 is 0. The SMILES string of the molecule is N#Cc1ccc(-c2c3ccccc3c(-c3cccc(C4=Nc5ccccc5C5Nc6ccccc6N45)c3)c3ccccc23)cc1. The Kier molecular flexibility index (Phi) is 5.60. The van der Waals surface area contributed by atoms with Crippen LogP contribution in [-0.2, 0) is 0 Å². The summed E-state index contributed by atoms with van der Waals surface area (Å²) in [5.41, 5.74) is 10.7. The van der Waals surface area contributed by atoms with E-state index in [1.807, 2.05) is 12.1 Å². The number of nitrogens with one attached hydrogen (secondary N) is 1. The van der Waals surface area contributed by atoms with Crippen LogP contribution in [0.1, 0.15) is 22.9 Å². The molecule has 7 aromatic rings. The largest absolute Gasteiger partial charge is 0.359 e.